The number of benzene rings is 8. The van der Waals surface area contributed by atoms with Crippen LogP contribution in [-0.2, 0) is 0 Å². The number of hydrogen-bond acceptors (Lipinski definition) is 0. The van der Waals surface area contributed by atoms with Gasteiger partial charge in [-0.25, -0.2) is 0 Å². The molecule has 53 heavy (non-hydrogen) atoms. The second-order valence-electron chi connectivity index (χ2n) is 14.3. The Bertz CT molecular complexity index is 3220. The number of para-hydroxylation sites is 3. The molecule has 0 aliphatic carbocycles. The molecule has 250 valence electrons. The lowest BCUT2D eigenvalue weighted by molar-refractivity contribution is 1.17. The Kier molecular flexibility index (Phi) is 6.38. The highest BCUT2D eigenvalue weighted by molar-refractivity contribution is 6.26. The SMILES string of the molecule is Cc1ccc(-n2c3ccccc3c3c2ccc2c4ccccc4n(-c4ccc(-c5cccc6c5c5ccccc5n6-c5cccc(C)c5)cc4)c23)cc1. The summed E-state index contributed by atoms with van der Waals surface area (Å²) in [7, 11) is 0. The normalized spacial score (nSPS) is 12.0. The number of aromatic nitrogens is 3. The summed E-state index contributed by atoms with van der Waals surface area (Å²) < 4.78 is 7.31. The van der Waals surface area contributed by atoms with Crippen molar-refractivity contribution in [1.82, 2.24) is 13.7 Å². The molecule has 0 N–H and O–H groups in total. The van der Waals surface area contributed by atoms with Crippen LogP contribution in [0.15, 0.2) is 176 Å². The first-order valence-corrected chi connectivity index (χ1v) is 18.4. The van der Waals surface area contributed by atoms with Gasteiger partial charge in [-0.1, -0.05) is 115 Å². The van der Waals surface area contributed by atoms with Crippen LogP contribution in [0.3, 0.4) is 0 Å². The van der Waals surface area contributed by atoms with Crippen LogP contribution in [-0.4, -0.2) is 13.7 Å². The van der Waals surface area contributed by atoms with Gasteiger partial charge in [0.05, 0.1) is 33.1 Å². The van der Waals surface area contributed by atoms with E-state index in [2.05, 4.69) is 203 Å². The van der Waals surface area contributed by atoms with E-state index in [1.165, 1.54) is 99.0 Å². The maximum Gasteiger partial charge on any atom is 0.0641 e. The molecular weight excluding hydrogens is 643 g/mol. The molecule has 3 aromatic heterocycles. The Hall–Kier alpha value is -6.84. The minimum Gasteiger partial charge on any atom is -0.309 e. The van der Waals surface area contributed by atoms with Crippen LogP contribution in [0.1, 0.15) is 11.1 Å². The first kappa shape index (κ1) is 29.8. The van der Waals surface area contributed by atoms with Crippen LogP contribution >= 0.6 is 0 Å². The topological polar surface area (TPSA) is 14.8 Å². The smallest absolute Gasteiger partial charge is 0.0641 e. The van der Waals surface area contributed by atoms with Crippen LogP contribution in [0, 0.1) is 13.8 Å². The predicted molar refractivity (Wildman–Crippen MR) is 224 cm³/mol. The zero-order chi connectivity index (χ0) is 35.2. The van der Waals surface area contributed by atoms with Crippen molar-refractivity contribution >= 4 is 65.4 Å². The number of hydrogen-bond donors (Lipinski definition) is 0. The lowest BCUT2D eigenvalue weighted by Gasteiger charge is -2.12. The Morgan fingerprint density at radius 3 is 1.58 bits per heavy atom. The van der Waals surface area contributed by atoms with Crippen LogP contribution in [0.5, 0.6) is 0 Å². The van der Waals surface area contributed by atoms with Crippen molar-refractivity contribution in [2.24, 2.45) is 0 Å². The van der Waals surface area contributed by atoms with Gasteiger partial charge in [0.2, 0.25) is 0 Å². The zero-order valence-electron chi connectivity index (χ0n) is 29.6. The lowest BCUT2D eigenvalue weighted by Crippen LogP contribution is -1.96. The van der Waals surface area contributed by atoms with Crippen molar-refractivity contribution in [2.75, 3.05) is 0 Å². The molecule has 0 fully saturated rings. The maximum atomic E-state index is 2.48. The molecular formula is C50H35N3. The molecule has 0 aliphatic heterocycles. The zero-order valence-corrected chi connectivity index (χ0v) is 29.6. The summed E-state index contributed by atoms with van der Waals surface area (Å²) in [5, 5.41) is 7.59. The van der Waals surface area contributed by atoms with Gasteiger partial charge in [-0.2, -0.15) is 0 Å². The molecule has 0 bridgehead atoms. The number of fused-ring (bicyclic) bond motifs is 10. The molecule has 3 nitrogen and oxygen atoms in total. The van der Waals surface area contributed by atoms with Crippen LogP contribution in [0.4, 0.5) is 0 Å². The predicted octanol–water partition coefficient (Wildman–Crippen LogP) is 13.3. The van der Waals surface area contributed by atoms with Crippen LogP contribution in [0.25, 0.3) is 93.6 Å². The van der Waals surface area contributed by atoms with Gasteiger partial charge in [0.25, 0.3) is 0 Å². The third-order valence-electron chi connectivity index (χ3n) is 11.2. The van der Waals surface area contributed by atoms with E-state index in [0.717, 1.165) is 5.69 Å². The molecule has 0 saturated heterocycles. The average Bonchev–Trinajstić information content (AvgIpc) is 3.84. The van der Waals surface area contributed by atoms with E-state index in [1.54, 1.807) is 0 Å². The Morgan fingerprint density at radius 2 is 0.868 bits per heavy atom. The summed E-state index contributed by atoms with van der Waals surface area (Å²) in [5.41, 5.74) is 15.8. The molecule has 0 amide bonds. The van der Waals surface area contributed by atoms with Gasteiger partial charge in [0.15, 0.2) is 0 Å². The molecule has 8 aromatic carbocycles. The second kappa shape index (κ2) is 11.3. The van der Waals surface area contributed by atoms with E-state index >= 15 is 0 Å². The first-order chi connectivity index (χ1) is 26.1. The van der Waals surface area contributed by atoms with Crippen molar-refractivity contribution in [3.8, 4) is 28.2 Å². The molecule has 0 unspecified atom stereocenters. The highest BCUT2D eigenvalue weighted by atomic mass is 15.0. The highest BCUT2D eigenvalue weighted by Gasteiger charge is 2.21. The van der Waals surface area contributed by atoms with Gasteiger partial charge in [0, 0.05) is 49.4 Å². The summed E-state index contributed by atoms with van der Waals surface area (Å²) >= 11 is 0. The maximum absolute atomic E-state index is 2.48. The fourth-order valence-corrected chi connectivity index (χ4v) is 8.84. The molecule has 0 atom stereocenters. The fourth-order valence-electron chi connectivity index (χ4n) is 8.84. The van der Waals surface area contributed by atoms with E-state index < -0.39 is 0 Å². The van der Waals surface area contributed by atoms with Crippen molar-refractivity contribution in [2.45, 2.75) is 13.8 Å². The van der Waals surface area contributed by atoms with Crippen molar-refractivity contribution in [1.29, 1.82) is 0 Å². The molecule has 11 aromatic rings. The second-order valence-corrected chi connectivity index (χ2v) is 14.3. The number of nitrogens with zero attached hydrogens (tertiary/aromatic N) is 3. The van der Waals surface area contributed by atoms with Crippen LogP contribution in [0.2, 0.25) is 0 Å². The first-order valence-electron chi connectivity index (χ1n) is 18.4. The standard InChI is InChI=1S/C50H35N3/c1-32-21-25-35(26-22-32)51-45-19-8-5-15-42(45)49-47(51)30-29-40-39-13-3-6-17-43(39)53(50(40)49)36-27-23-34(24-28-36)38-16-10-20-46-48(38)41-14-4-7-18-44(41)52(46)37-12-9-11-33(2)31-37/h3-31H,1-2H3. The Labute approximate surface area is 307 Å². The quantitative estimate of drug-likeness (QED) is 0.176. The van der Waals surface area contributed by atoms with Gasteiger partial charge in [0.1, 0.15) is 0 Å². The summed E-state index contributed by atoms with van der Waals surface area (Å²) in [6, 6.07) is 64.7. The van der Waals surface area contributed by atoms with Crippen molar-refractivity contribution < 1.29 is 0 Å². The monoisotopic (exact) mass is 677 g/mol. The van der Waals surface area contributed by atoms with E-state index in [0.29, 0.717) is 0 Å². The van der Waals surface area contributed by atoms with E-state index in [1.807, 2.05) is 0 Å². The van der Waals surface area contributed by atoms with Crippen molar-refractivity contribution in [3.63, 3.8) is 0 Å². The molecule has 0 radical (unpaired) electrons. The summed E-state index contributed by atoms with van der Waals surface area (Å²) in [4.78, 5) is 0. The minimum absolute atomic E-state index is 1.15. The van der Waals surface area contributed by atoms with Gasteiger partial charge in [-0.15, -0.1) is 0 Å². The van der Waals surface area contributed by atoms with E-state index in [-0.39, 0.29) is 0 Å². The molecule has 3 heteroatoms. The summed E-state index contributed by atoms with van der Waals surface area (Å²) in [6.45, 7) is 4.31. The number of rotatable bonds is 4. The van der Waals surface area contributed by atoms with Gasteiger partial charge in [-0.05, 0) is 97.3 Å². The van der Waals surface area contributed by atoms with Crippen LogP contribution < -0.4 is 0 Å². The van der Waals surface area contributed by atoms with Crippen molar-refractivity contribution in [3.05, 3.63) is 187 Å². The molecule has 0 aliphatic rings. The average molecular weight is 678 g/mol. The summed E-state index contributed by atoms with van der Waals surface area (Å²) in [6.07, 6.45) is 0. The molecule has 3 heterocycles. The Morgan fingerprint density at radius 1 is 0.321 bits per heavy atom. The highest BCUT2D eigenvalue weighted by Crippen LogP contribution is 2.43. The Balaban J connectivity index is 1.15. The molecule has 11 rings (SSSR count). The number of aryl methyl sites for hydroxylation is 2. The molecule has 0 spiro atoms. The third kappa shape index (κ3) is 4.34. The largest absolute Gasteiger partial charge is 0.309 e. The molecule has 0 saturated carbocycles. The van der Waals surface area contributed by atoms with Gasteiger partial charge < -0.3 is 13.7 Å². The fraction of sp³-hybridized carbons (Fsp3) is 0.0400. The van der Waals surface area contributed by atoms with Gasteiger partial charge in [-0.3, -0.25) is 0 Å². The minimum atomic E-state index is 1.15. The van der Waals surface area contributed by atoms with E-state index in [9.17, 15) is 0 Å². The van der Waals surface area contributed by atoms with Gasteiger partial charge >= 0.3 is 0 Å². The lowest BCUT2D eigenvalue weighted by atomic mass is 9.99. The van der Waals surface area contributed by atoms with E-state index in [4.69, 9.17) is 0 Å². The summed E-state index contributed by atoms with van der Waals surface area (Å²) in [5.74, 6) is 0. The third-order valence-corrected chi connectivity index (χ3v) is 11.2.